The highest BCUT2D eigenvalue weighted by atomic mass is 16.5. The maximum atomic E-state index is 9.55. The van der Waals surface area contributed by atoms with E-state index in [9.17, 15) is 19.2 Å². The fraction of sp³-hybridized carbons (Fsp3) is 0.464. The summed E-state index contributed by atoms with van der Waals surface area (Å²) in [7, 11) is 0. The van der Waals surface area contributed by atoms with Gasteiger partial charge in [0.1, 0.15) is 5.75 Å². The first-order chi connectivity index (χ1) is 19.5. The van der Waals surface area contributed by atoms with E-state index in [1.807, 2.05) is 24.3 Å². The third-order valence-electron chi connectivity index (χ3n) is 6.22. The van der Waals surface area contributed by atoms with Crippen LogP contribution >= 0.6 is 0 Å². The van der Waals surface area contributed by atoms with Crippen molar-refractivity contribution >= 4 is 29.6 Å². The zero-order valence-electron chi connectivity index (χ0n) is 23.1. The summed E-state index contributed by atoms with van der Waals surface area (Å²) in [5.74, 6) is -4.15. The third-order valence-corrected chi connectivity index (χ3v) is 6.22. The van der Waals surface area contributed by atoms with Crippen molar-refractivity contribution in [2.45, 2.75) is 45.1 Å². The minimum Gasteiger partial charge on any atom is -0.494 e. The maximum absolute atomic E-state index is 9.55. The molecule has 13 heteroatoms. The summed E-state index contributed by atoms with van der Waals surface area (Å²) in [6, 6.07) is 8.53. The lowest BCUT2D eigenvalue weighted by Gasteiger charge is -2.44. The SMILES string of the molecule is C/C(=N\O)c1ccc(OCCCCN2CCN3CCCCC3C2)cc1.O=C(O)/C=C/C(=O)O.O=C(O)/C=C/C(=O)O. The highest BCUT2D eigenvalue weighted by molar-refractivity contribution is 5.98. The van der Waals surface area contributed by atoms with Gasteiger partial charge in [0.15, 0.2) is 0 Å². The Morgan fingerprint density at radius 3 is 1.93 bits per heavy atom. The molecule has 0 amide bonds. The van der Waals surface area contributed by atoms with Crippen LogP contribution in [0.3, 0.4) is 0 Å². The Bertz CT molecular complexity index is 1000. The van der Waals surface area contributed by atoms with Crippen molar-refractivity contribution in [1.29, 1.82) is 0 Å². The number of benzene rings is 1. The summed E-state index contributed by atoms with van der Waals surface area (Å²) in [5, 5.41) is 43.2. The summed E-state index contributed by atoms with van der Waals surface area (Å²) >= 11 is 0. The molecule has 226 valence electrons. The van der Waals surface area contributed by atoms with E-state index in [0.717, 1.165) is 30.4 Å². The highest BCUT2D eigenvalue weighted by Crippen LogP contribution is 2.21. The number of carboxylic acid groups (broad SMARTS) is 4. The number of piperidine rings is 1. The predicted octanol–water partition coefficient (Wildman–Crippen LogP) is 2.64. The molecule has 1 unspecified atom stereocenters. The van der Waals surface area contributed by atoms with Crippen LogP contribution in [0.2, 0.25) is 0 Å². The second-order valence-corrected chi connectivity index (χ2v) is 9.27. The molecule has 5 N–H and O–H groups in total. The maximum Gasteiger partial charge on any atom is 0.328 e. The second kappa shape index (κ2) is 19.8. The number of carboxylic acids is 4. The minimum atomic E-state index is -1.26. The summed E-state index contributed by atoms with van der Waals surface area (Å²) < 4.78 is 5.82. The van der Waals surface area contributed by atoms with E-state index in [1.165, 1.54) is 58.4 Å². The van der Waals surface area contributed by atoms with Gasteiger partial charge >= 0.3 is 23.9 Å². The number of nitrogens with zero attached hydrogens (tertiary/aromatic N) is 3. The summed E-state index contributed by atoms with van der Waals surface area (Å²) in [6.07, 6.45) is 8.70. The number of unbranched alkanes of at least 4 members (excludes halogenated alkanes) is 1. The highest BCUT2D eigenvalue weighted by Gasteiger charge is 2.28. The Balaban J connectivity index is 0.000000433. The van der Waals surface area contributed by atoms with Gasteiger partial charge in [0.05, 0.1) is 12.3 Å². The number of ether oxygens (including phenoxy) is 1. The van der Waals surface area contributed by atoms with Crippen LogP contribution in [-0.2, 0) is 19.2 Å². The summed E-state index contributed by atoms with van der Waals surface area (Å²) in [4.78, 5) is 43.5. The standard InChI is InChI=1S/C20H31N3O2.2C4H4O4/c1-17(21-24)18-7-9-20(10-8-18)25-15-5-4-11-22-13-14-23-12-3-2-6-19(23)16-22;2*5-3(6)1-2-4(7)8/h7-10,19,24H,2-6,11-16H2,1H3;2*1-2H,(H,5,6)(H,7,8)/b21-17+;2*2-1+. The lowest BCUT2D eigenvalue weighted by atomic mass is 9.99. The molecule has 1 aromatic carbocycles. The molecule has 13 nitrogen and oxygen atoms in total. The molecule has 0 spiro atoms. The van der Waals surface area contributed by atoms with Crippen LogP contribution < -0.4 is 4.74 Å². The van der Waals surface area contributed by atoms with Crippen LogP contribution in [0, 0.1) is 0 Å². The number of rotatable bonds is 11. The molecule has 2 aliphatic heterocycles. The Morgan fingerprint density at radius 2 is 1.41 bits per heavy atom. The molecular weight excluding hydrogens is 538 g/mol. The van der Waals surface area contributed by atoms with Gasteiger partial charge < -0.3 is 35.3 Å². The molecule has 41 heavy (non-hydrogen) atoms. The first kappa shape index (κ1) is 34.8. The summed E-state index contributed by atoms with van der Waals surface area (Å²) in [5.41, 5.74) is 1.53. The zero-order valence-corrected chi connectivity index (χ0v) is 23.1. The molecule has 3 rings (SSSR count). The third kappa shape index (κ3) is 16.5. The van der Waals surface area contributed by atoms with Crippen LogP contribution in [0.4, 0.5) is 0 Å². The van der Waals surface area contributed by atoms with Crippen molar-refractivity contribution in [3.63, 3.8) is 0 Å². The van der Waals surface area contributed by atoms with Gasteiger partial charge in [-0.2, -0.15) is 0 Å². The van der Waals surface area contributed by atoms with Gasteiger partial charge in [-0.3, -0.25) is 4.90 Å². The molecule has 2 aliphatic rings. The second-order valence-electron chi connectivity index (χ2n) is 9.27. The number of carbonyl (C=O) groups is 4. The molecule has 1 aromatic rings. The van der Waals surface area contributed by atoms with Gasteiger partial charge in [0.2, 0.25) is 0 Å². The van der Waals surface area contributed by atoms with Crippen molar-refractivity contribution in [3.8, 4) is 5.75 Å². The number of oxime groups is 1. The molecule has 0 radical (unpaired) electrons. The number of hydrogen-bond donors (Lipinski definition) is 5. The van der Waals surface area contributed by atoms with Crippen molar-refractivity contribution in [1.82, 2.24) is 9.80 Å². The summed E-state index contributed by atoms with van der Waals surface area (Å²) in [6.45, 7) is 8.79. The lowest BCUT2D eigenvalue weighted by molar-refractivity contribution is -0.134. The number of piperazine rings is 1. The predicted molar refractivity (Wildman–Crippen MR) is 150 cm³/mol. The van der Waals surface area contributed by atoms with E-state index in [-0.39, 0.29) is 0 Å². The van der Waals surface area contributed by atoms with E-state index in [2.05, 4.69) is 15.0 Å². The van der Waals surface area contributed by atoms with Crippen LogP contribution in [-0.4, -0.2) is 110 Å². The molecule has 2 fully saturated rings. The molecule has 0 bridgehead atoms. The normalized spacial score (nSPS) is 17.5. The molecule has 1 atom stereocenters. The fourth-order valence-electron chi connectivity index (χ4n) is 4.19. The van der Waals surface area contributed by atoms with Gasteiger partial charge in [-0.1, -0.05) is 11.6 Å². The van der Waals surface area contributed by atoms with Crippen LogP contribution in [0.5, 0.6) is 5.75 Å². The average Bonchev–Trinajstić information content (AvgIpc) is 2.95. The van der Waals surface area contributed by atoms with E-state index < -0.39 is 23.9 Å². The Morgan fingerprint density at radius 1 is 0.854 bits per heavy atom. The Labute approximate surface area is 238 Å². The van der Waals surface area contributed by atoms with E-state index >= 15 is 0 Å². The van der Waals surface area contributed by atoms with Crippen molar-refractivity contribution in [3.05, 3.63) is 54.1 Å². The largest absolute Gasteiger partial charge is 0.494 e. The molecule has 2 heterocycles. The van der Waals surface area contributed by atoms with Gasteiger partial charge in [0.25, 0.3) is 0 Å². The minimum absolute atomic E-state index is 0.558. The average molecular weight is 578 g/mol. The lowest BCUT2D eigenvalue weighted by Crippen LogP contribution is -2.54. The van der Waals surface area contributed by atoms with E-state index in [4.69, 9.17) is 30.4 Å². The van der Waals surface area contributed by atoms with Crippen molar-refractivity contribution < 1.29 is 49.5 Å². The van der Waals surface area contributed by atoms with Crippen molar-refractivity contribution in [2.24, 2.45) is 5.16 Å². The van der Waals surface area contributed by atoms with Gasteiger partial charge in [0, 0.05) is 50.0 Å². The molecule has 0 saturated carbocycles. The van der Waals surface area contributed by atoms with Gasteiger partial charge in [-0.25, -0.2) is 19.2 Å². The van der Waals surface area contributed by atoms with Gasteiger partial charge in [-0.15, -0.1) is 0 Å². The number of hydrogen-bond acceptors (Lipinski definition) is 9. The molecule has 0 aromatic heterocycles. The first-order valence-electron chi connectivity index (χ1n) is 13.2. The molecule has 2 saturated heterocycles. The monoisotopic (exact) mass is 577 g/mol. The smallest absolute Gasteiger partial charge is 0.328 e. The van der Waals surface area contributed by atoms with Gasteiger partial charge in [-0.05, 0) is 75.5 Å². The van der Waals surface area contributed by atoms with Crippen LogP contribution in [0.25, 0.3) is 0 Å². The van der Waals surface area contributed by atoms with Crippen LogP contribution in [0.15, 0.2) is 53.7 Å². The fourth-order valence-corrected chi connectivity index (χ4v) is 4.19. The van der Waals surface area contributed by atoms with Crippen LogP contribution in [0.1, 0.15) is 44.6 Å². The van der Waals surface area contributed by atoms with E-state index in [0.29, 0.717) is 30.0 Å². The van der Waals surface area contributed by atoms with Crippen molar-refractivity contribution in [2.75, 3.05) is 39.3 Å². The zero-order chi connectivity index (χ0) is 30.6. The molecular formula is C28H39N3O10. The topological polar surface area (TPSA) is 198 Å². The molecule has 0 aliphatic carbocycles. The Hall–Kier alpha value is -4.23. The first-order valence-corrected chi connectivity index (χ1v) is 13.2. The van der Waals surface area contributed by atoms with E-state index in [1.54, 1.807) is 6.92 Å². The quantitative estimate of drug-likeness (QED) is 0.0848. The number of aliphatic carboxylic acids is 4. The Kier molecular flexibility index (Phi) is 16.8. The number of fused-ring (bicyclic) bond motifs is 1.